The fourth-order valence-corrected chi connectivity index (χ4v) is 1.02. The van der Waals surface area contributed by atoms with Crippen LogP contribution in [0.3, 0.4) is 0 Å². The molecule has 0 aliphatic heterocycles. The van der Waals surface area contributed by atoms with E-state index in [0.29, 0.717) is 5.52 Å². The van der Waals surface area contributed by atoms with Gasteiger partial charge in [0.2, 0.25) is 0 Å². The van der Waals surface area contributed by atoms with Crippen LogP contribution in [0.4, 0.5) is 4.39 Å². The Morgan fingerprint density at radius 2 is 2.25 bits per heavy atom. The fraction of sp³-hybridized carbons (Fsp3) is 0. The van der Waals surface area contributed by atoms with Gasteiger partial charge in [0, 0.05) is 0 Å². The highest BCUT2D eigenvalue weighted by molar-refractivity contribution is 5.73. The zero-order valence-electron chi connectivity index (χ0n) is 6.06. The smallest absolute Gasteiger partial charge is 0.405 e. The predicted octanol–water partition coefficient (Wildman–Crippen LogP) is 1.44. The quantitative estimate of drug-likeness (QED) is 0.643. The Bertz CT molecular complexity index is 483. The summed E-state index contributed by atoms with van der Waals surface area (Å²) in [5.74, 6) is -1.25. The Morgan fingerprint density at radius 1 is 1.50 bits per heavy atom. The first-order valence-electron chi connectivity index (χ1n) is 3.32. The zero-order valence-corrected chi connectivity index (χ0v) is 6.06. The minimum absolute atomic E-state index is 0.0625. The average Bonchev–Trinajstić information content (AvgIpc) is 2.39. The van der Waals surface area contributed by atoms with E-state index in [1.54, 1.807) is 6.07 Å². The Kier molecular flexibility index (Phi) is 1.30. The average molecular weight is 166 g/mol. The number of aromatic amines is 1. The van der Waals surface area contributed by atoms with E-state index in [-0.39, 0.29) is 11.1 Å². The summed E-state index contributed by atoms with van der Waals surface area (Å²) >= 11 is 0. The molecule has 0 bridgehead atoms. The van der Waals surface area contributed by atoms with Crippen LogP contribution in [0, 0.1) is 12.7 Å². The molecule has 0 spiro atoms. The maximum Gasteiger partial charge on any atom is 0.417 e. The van der Waals surface area contributed by atoms with E-state index >= 15 is 0 Å². The first-order valence-corrected chi connectivity index (χ1v) is 3.32. The fourth-order valence-electron chi connectivity index (χ4n) is 1.02. The van der Waals surface area contributed by atoms with Crippen LogP contribution in [-0.4, -0.2) is 4.98 Å². The minimum atomic E-state index is -0.658. The topological polar surface area (TPSA) is 46.0 Å². The van der Waals surface area contributed by atoms with E-state index in [1.807, 2.05) is 0 Å². The second-order valence-corrected chi connectivity index (χ2v) is 2.43. The molecule has 0 aliphatic carbocycles. The SMILES string of the molecule is [CH2]c1ccc2[nH]c(=O)oc2c1F. The Labute approximate surface area is 66.8 Å². The molecule has 12 heavy (non-hydrogen) atoms. The number of rotatable bonds is 0. The Balaban J connectivity index is 2.99. The summed E-state index contributed by atoms with van der Waals surface area (Å²) in [5, 5.41) is 0. The van der Waals surface area contributed by atoms with Gasteiger partial charge in [-0.1, -0.05) is 6.07 Å². The van der Waals surface area contributed by atoms with Crippen molar-refractivity contribution >= 4 is 11.1 Å². The number of fused-ring (bicyclic) bond motifs is 1. The van der Waals surface area contributed by atoms with Gasteiger partial charge in [-0.05, 0) is 18.6 Å². The zero-order chi connectivity index (χ0) is 8.72. The normalized spacial score (nSPS) is 10.8. The van der Waals surface area contributed by atoms with E-state index in [0.717, 1.165) is 0 Å². The third-order valence-corrected chi connectivity index (χ3v) is 1.61. The molecule has 61 valence electrons. The molecular weight excluding hydrogens is 161 g/mol. The molecule has 3 nitrogen and oxygen atoms in total. The molecule has 0 saturated carbocycles. The molecule has 0 saturated heterocycles. The molecule has 1 radical (unpaired) electrons. The van der Waals surface area contributed by atoms with Crippen molar-refractivity contribution < 1.29 is 8.81 Å². The van der Waals surface area contributed by atoms with Gasteiger partial charge in [0.15, 0.2) is 11.4 Å². The minimum Gasteiger partial charge on any atom is -0.405 e. The van der Waals surface area contributed by atoms with Crippen LogP contribution in [0.5, 0.6) is 0 Å². The van der Waals surface area contributed by atoms with Gasteiger partial charge in [-0.25, -0.2) is 9.18 Å². The highest BCUT2D eigenvalue weighted by atomic mass is 19.1. The molecule has 1 aromatic heterocycles. The van der Waals surface area contributed by atoms with Crippen molar-refractivity contribution in [1.29, 1.82) is 0 Å². The van der Waals surface area contributed by atoms with Gasteiger partial charge in [0.1, 0.15) is 0 Å². The number of oxazole rings is 1. The lowest BCUT2D eigenvalue weighted by molar-refractivity contribution is 0.522. The van der Waals surface area contributed by atoms with Crippen LogP contribution in [-0.2, 0) is 0 Å². The standard InChI is InChI=1S/C8H5FNO2/c1-4-2-3-5-7(6(4)9)12-8(11)10-5/h2-3H,1H2,(H,10,11). The van der Waals surface area contributed by atoms with Crippen LogP contribution in [0.15, 0.2) is 21.3 Å². The molecule has 2 aromatic rings. The maximum atomic E-state index is 13.1. The molecular formula is C8H5FNO2. The first-order chi connectivity index (χ1) is 5.68. The summed E-state index contributed by atoms with van der Waals surface area (Å²) in [4.78, 5) is 13.0. The van der Waals surface area contributed by atoms with E-state index in [4.69, 9.17) is 0 Å². The summed E-state index contributed by atoms with van der Waals surface area (Å²) in [7, 11) is 0. The molecule has 0 atom stereocenters. The van der Waals surface area contributed by atoms with E-state index in [1.165, 1.54) is 6.07 Å². The van der Waals surface area contributed by atoms with E-state index in [9.17, 15) is 9.18 Å². The summed E-state index contributed by atoms with van der Waals surface area (Å²) in [6.07, 6.45) is 0. The molecule has 1 aromatic carbocycles. The van der Waals surface area contributed by atoms with Crippen LogP contribution >= 0.6 is 0 Å². The van der Waals surface area contributed by atoms with Gasteiger partial charge in [-0.2, -0.15) is 0 Å². The summed E-state index contributed by atoms with van der Waals surface area (Å²) < 4.78 is 17.6. The lowest BCUT2D eigenvalue weighted by Crippen LogP contribution is -1.92. The molecule has 2 rings (SSSR count). The molecule has 0 aliphatic rings. The number of hydrogen-bond acceptors (Lipinski definition) is 2. The van der Waals surface area contributed by atoms with Gasteiger partial charge in [0.25, 0.3) is 0 Å². The van der Waals surface area contributed by atoms with Crippen LogP contribution < -0.4 is 5.76 Å². The molecule has 0 amide bonds. The lowest BCUT2D eigenvalue weighted by Gasteiger charge is -1.93. The molecule has 1 heterocycles. The Morgan fingerprint density at radius 3 is 3.00 bits per heavy atom. The summed E-state index contributed by atoms with van der Waals surface area (Å²) in [6, 6.07) is 3.02. The lowest BCUT2D eigenvalue weighted by atomic mass is 10.2. The summed E-state index contributed by atoms with van der Waals surface area (Å²) in [6.45, 7) is 3.43. The van der Waals surface area contributed by atoms with Crippen molar-refractivity contribution in [3.63, 3.8) is 0 Å². The van der Waals surface area contributed by atoms with Crippen molar-refractivity contribution in [2.24, 2.45) is 0 Å². The van der Waals surface area contributed by atoms with Crippen LogP contribution in [0.25, 0.3) is 11.1 Å². The van der Waals surface area contributed by atoms with E-state index < -0.39 is 11.6 Å². The predicted molar refractivity (Wildman–Crippen MR) is 41.3 cm³/mol. The number of nitrogens with one attached hydrogen (secondary N) is 1. The largest absolute Gasteiger partial charge is 0.417 e. The second kappa shape index (κ2) is 2.20. The van der Waals surface area contributed by atoms with Crippen molar-refractivity contribution in [3.05, 3.63) is 41.0 Å². The molecule has 4 heteroatoms. The number of hydrogen-bond donors (Lipinski definition) is 1. The number of benzene rings is 1. The number of H-pyrrole nitrogens is 1. The molecule has 1 N–H and O–H groups in total. The van der Waals surface area contributed by atoms with Crippen molar-refractivity contribution in [2.75, 3.05) is 0 Å². The third kappa shape index (κ3) is 0.845. The Hall–Kier alpha value is -1.58. The number of aromatic nitrogens is 1. The van der Waals surface area contributed by atoms with Crippen LogP contribution in [0.1, 0.15) is 5.56 Å². The second-order valence-electron chi connectivity index (χ2n) is 2.43. The van der Waals surface area contributed by atoms with Gasteiger partial charge in [-0.15, -0.1) is 0 Å². The monoisotopic (exact) mass is 166 g/mol. The van der Waals surface area contributed by atoms with Gasteiger partial charge in [0.05, 0.1) is 5.52 Å². The molecule has 0 fully saturated rings. The highest BCUT2D eigenvalue weighted by Gasteiger charge is 2.08. The van der Waals surface area contributed by atoms with Gasteiger partial charge >= 0.3 is 5.76 Å². The number of halogens is 1. The maximum absolute atomic E-state index is 13.1. The highest BCUT2D eigenvalue weighted by Crippen LogP contribution is 2.16. The van der Waals surface area contributed by atoms with Crippen molar-refractivity contribution in [2.45, 2.75) is 0 Å². The van der Waals surface area contributed by atoms with Crippen molar-refractivity contribution in [3.8, 4) is 0 Å². The molecule has 0 unspecified atom stereocenters. The first kappa shape index (κ1) is 7.09. The van der Waals surface area contributed by atoms with Crippen LogP contribution in [0.2, 0.25) is 0 Å². The van der Waals surface area contributed by atoms with E-state index in [2.05, 4.69) is 16.3 Å². The third-order valence-electron chi connectivity index (χ3n) is 1.61. The summed E-state index contributed by atoms with van der Waals surface area (Å²) in [5.41, 5.74) is 0.502. The van der Waals surface area contributed by atoms with Gasteiger partial charge in [-0.3, -0.25) is 4.98 Å². The van der Waals surface area contributed by atoms with Crippen molar-refractivity contribution in [1.82, 2.24) is 4.98 Å². The van der Waals surface area contributed by atoms with Gasteiger partial charge < -0.3 is 4.42 Å².